The van der Waals surface area contributed by atoms with Crippen LogP contribution in [0, 0.1) is 17.4 Å². The first-order chi connectivity index (χ1) is 20.0. The molecule has 0 amide bonds. The SMILES string of the molecule is Cc1c2c(c(C)n1-c1ccccc1)P(=Nc1ccc(I)cc1)(c1cc3ccccc3n1C)N(c1ccccc1)N=C2. The highest BCUT2D eigenvalue weighted by atomic mass is 127. The summed E-state index contributed by atoms with van der Waals surface area (Å²) in [6.07, 6.45) is 2.04. The van der Waals surface area contributed by atoms with Gasteiger partial charge in [-0.05, 0) is 97.1 Å². The van der Waals surface area contributed by atoms with E-state index in [1.54, 1.807) is 0 Å². The van der Waals surface area contributed by atoms with Gasteiger partial charge in [0.1, 0.15) is 0 Å². The highest BCUT2D eigenvalue weighted by molar-refractivity contribution is 14.1. The predicted molar refractivity (Wildman–Crippen MR) is 182 cm³/mol. The van der Waals surface area contributed by atoms with Crippen molar-refractivity contribution in [1.82, 2.24) is 9.13 Å². The molecular weight excluding hydrogens is 636 g/mol. The highest BCUT2D eigenvalue weighted by Gasteiger charge is 2.43. The van der Waals surface area contributed by atoms with Gasteiger partial charge in [0.05, 0.1) is 23.0 Å². The van der Waals surface area contributed by atoms with Crippen LogP contribution < -0.4 is 15.5 Å². The Hall–Kier alpha value is -3.87. The Labute approximate surface area is 254 Å². The van der Waals surface area contributed by atoms with Gasteiger partial charge in [0.25, 0.3) is 0 Å². The van der Waals surface area contributed by atoms with Crippen molar-refractivity contribution >= 4 is 69.0 Å². The fourth-order valence-corrected chi connectivity index (χ4v) is 10.4. The third-order valence-electron chi connectivity index (χ3n) is 7.87. The molecule has 0 N–H and O–H groups in total. The van der Waals surface area contributed by atoms with Crippen LogP contribution >= 0.6 is 29.8 Å². The molecule has 0 radical (unpaired) electrons. The Bertz CT molecular complexity index is 1990. The molecule has 7 rings (SSSR count). The number of rotatable bonds is 4. The molecule has 0 spiro atoms. The van der Waals surface area contributed by atoms with Crippen molar-refractivity contribution in [3.05, 3.63) is 136 Å². The fourth-order valence-electron chi connectivity index (χ4n) is 6.04. The summed E-state index contributed by atoms with van der Waals surface area (Å²) in [7, 11) is -0.609. The van der Waals surface area contributed by atoms with Crippen molar-refractivity contribution in [3.8, 4) is 5.69 Å². The minimum Gasteiger partial charge on any atom is -0.341 e. The topological polar surface area (TPSA) is 37.8 Å². The zero-order chi connectivity index (χ0) is 28.1. The zero-order valence-corrected chi connectivity index (χ0v) is 26.2. The van der Waals surface area contributed by atoms with Gasteiger partial charge in [-0.2, -0.15) is 5.10 Å². The van der Waals surface area contributed by atoms with Gasteiger partial charge in [-0.15, -0.1) is 0 Å². The number of hydrazone groups is 1. The van der Waals surface area contributed by atoms with Crippen LogP contribution in [0.3, 0.4) is 0 Å². The summed E-state index contributed by atoms with van der Waals surface area (Å²) < 4.78 is 13.9. The summed E-state index contributed by atoms with van der Waals surface area (Å²) in [5.74, 6) is 0. The van der Waals surface area contributed by atoms with E-state index in [0.717, 1.165) is 28.1 Å². The zero-order valence-electron chi connectivity index (χ0n) is 23.1. The van der Waals surface area contributed by atoms with Crippen molar-refractivity contribution in [2.45, 2.75) is 13.8 Å². The standard InChI is InChI=1S/C34H29IN5P/c1-24-31-23-36-40(30-15-8-5-9-16-30)41(37-28-20-18-27(35)19-21-28,33-22-26-12-10-11-17-32(26)38(33)3)34(31)25(2)39(24)29-13-6-4-7-14-29/h4-23H,1-3H3. The van der Waals surface area contributed by atoms with Crippen LogP contribution in [0.4, 0.5) is 11.4 Å². The molecule has 5 nitrogen and oxygen atoms in total. The average Bonchev–Trinajstić information content (AvgIpc) is 3.48. The number of hydrogen-bond donors (Lipinski definition) is 0. The first-order valence-corrected chi connectivity index (χ1v) is 16.4. The number of fused-ring (bicyclic) bond motifs is 2. The van der Waals surface area contributed by atoms with Crippen LogP contribution in [-0.2, 0) is 7.05 Å². The molecule has 1 aliphatic rings. The van der Waals surface area contributed by atoms with E-state index in [-0.39, 0.29) is 0 Å². The summed E-state index contributed by atoms with van der Waals surface area (Å²) in [6.45, 7) is 4.44. The molecule has 1 atom stereocenters. The third-order valence-corrected chi connectivity index (χ3v) is 12.3. The largest absolute Gasteiger partial charge is 0.341 e. The maximum absolute atomic E-state index is 5.81. The Kier molecular flexibility index (Phi) is 6.48. The molecule has 3 heterocycles. The van der Waals surface area contributed by atoms with Gasteiger partial charge in [-0.3, -0.25) is 0 Å². The van der Waals surface area contributed by atoms with Crippen molar-refractivity contribution < 1.29 is 0 Å². The van der Waals surface area contributed by atoms with E-state index in [9.17, 15) is 0 Å². The van der Waals surface area contributed by atoms with Crippen LogP contribution in [0.5, 0.6) is 0 Å². The fraction of sp³-hybridized carbons (Fsp3) is 0.0882. The molecule has 7 heteroatoms. The molecule has 1 aliphatic heterocycles. The van der Waals surface area contributed by atoms with Gasteiger partial charge in [-0.1, -0.05) is 54.6 Å². The smallest absolute Gasteiger partial charge is 0.156 e. The number of aromatic nitrogens is 2. The molecule has 0 bridgehead atoms. The van der Waals surface area contributed by atoms with Crippen molar-refractivity contribution in [3.63, 3.8) is 0 Å². The third kappa shape index (κ3) is 4.12. The second kappa shape index (κ2) is 10.2. The summed E-state index contributed by atoms with van der Waals surface area (Å²) in [5.41, 5.74) is 8.94. The number of anilines is 1. The summed E-state index contributed by atoms with van der Waals surface area (Å²) >= 11 is 2.36. The minimum absolute atomic E-state index is 0.942. The molecule has 0 saturated carbocycles. The molecule has 41 heavy (non-hydrogen) atoms. The minimum atomic E-state index is -2.78. The maximum Gasteiger partial charge on any atom is 0.156 e. The van der Waals surface area contributed by atoms with Crippen LogP contribution in [0.1, 0.15) is 17.0 Å². The molecule has 6 aromatic rings. The summed E-state index contributed by atoms with van der Waals surface area (Å²) in [4.78, 5) is 0. The Balaban J connectivity index is 1.67. The highest BCUT2D eigenvalue weighted by Crippen LogP contribution is 2.59. The van der Waals surface area contributed by atoms with E-state index in [0.29, 0.717) is 0 Å². The van der Waals surface area contributed by atoms with Gasteiger partial charge in [0.2, 0.25) is 0 Å². The number of benzene rings is 4. The van der Waals surface area contributed by atoms with Gasteiger partial charge < -0.3 is 9.13 Å². The number of aryl methyl sites for hydroxylation is 1. The monoisotopic (exact) mass is 665 g/mol. The lowest BCUT2D eigenvalue weighted by molar-refractivity contribution is 0.968. The van der Waals surface area contributed by atoms with E-state index in [4.69, 9.17) is 9.85 Å². The second-order valence-corrected chi connectivity index (χ2v) is 14.2. The van der Waals surface area contributed by atoms with Crippen LogP contribution in [0.25, 0.3) is 16.6 Å². The summed E-state index contributed by atoms with van der Waals surface area (Å²) in [6, 6.07) is 40.5. The number of hydrogen-bond acceptors (Lipinski definition) is 2. The van der Waals surface area contributed by atoms with E-state index in [2.05, 4.69) is 173 Å². The maximum atomic E-state index is 5.81. The lowest BCUT2D eigenvalue weighted by Crippen LogP contribution is -2.37. The Morgan fingerprint density at radius 2 is 1.37 bits per heavy atom. The molecular formula is C34H29IN5P. The first kappa shape index (κ1) is 26.1. The van der Waals surface area contributed by atoms with E-state index >= 15 is 0 Å². The summed E-state index contributed by atoms with van der Waals surface area (Å²) in [5, 5.41) is 7.68. The van der Waals surface area contributed by atoms with Crippen LogP contribution in [-0.4, -0.2) is 15.3 Å². The Morgan fingerprint density at radius 1 is 0.732 bits per heavy atom. The lowest BCUT2D eigenvalue weighted by Gasteiger charge is -2.38. The number of para-hydroxylation sites is 3. The normalized spacial score (nSPS) is 16.2. The number of halogens is 1. The van der Waals surface area contributed by atoms with E-state index in [1.807, 2.05) is 6.21 Å². The predicted octanol–water partition coefficient (Wildman–Crippen LogP) is 8.44. The molecule has 4 aromatic carbocycles. The van der Waals surface area contributed by atoms with E-state index in [1.165, 1.54) is 31.2 Å². The first-order valence-electron chi connectivity index (χ1n) is 13.6. The number of nitrogens with zero attached hydrogens (tertiary/aromatic N) is 5. The van der Waals surface area contributed by atoms with Crippen molar-refractivity contribution in [2.24, 2.45) is 16.9 Å². The molecule has 2 aromatic heterocycles. The second-order valence-electron chi connectivity index (χ2n) is 10.3. The Morgan fingerprint density at radius 3 is 2.05 bits per heavy atom. The quantitative estimate of drug-likeness (QED) is 0.138. The molecule has 0 aliphatic carbocycles. The van der Waals surface area contributed by atoms with Crippen molar-refractivity contribution in [1.29, 1.82) is 0 Å². The van der Waals surface area contributed by atoms with E-state index < -0.39 is 7.21 Å². The van der Waals surface area contributed by atoms with Crippen LogP contribution in [0.15, 0.2) is 125 Å². The molecule has 0 fully saturated rings. The molecule has 1 unspecified atom stereocenters. The van der Waals surface area contributed by atoms with Gasteiger partial charge in [0, 0.05) is 49.5 Å². The lowest BCUT2D eigenvalue weighted by atomic mass is 10.2. The molecule has 202 valence electrons. The van der Waals surface area contributed by atoms with Crippen molar-refractivity contribution in [2.75, 3.05) is 4.78 Å². The van der Waals surface area contributed by atoms with Crippen LogP contribution in [0.2, 0.25) is 0 Å². The van der Waals surface area contributed by atoms with Gasteiger partial charge in [0.15, 0.2) is 7.21 Å². The molecule has 0 saturated heterocycles. The van der Waals surface area contributed by atoms with Gasteiger partial charge >= 0.3 is 0 Å². The van der Waals surface area contributed by atoms with Gasteiger partial charge in [-0.25, -0.2) is 9.52 Å². The average molecular weight is 666 g/mol.